The number of nitrogens with zero attached hydrogens (tertiary/aromatic N) is 2. The molecular formula is C10H11N2OS. The lowest BCUT2D eigenvalue weighted by atomic mass is 10.2. The summed E-state index contributed by atoms with van der Waals surface area (Å²) in [5.74, 6) is 2.17. The Hall–Kier alpha value is -1.03. The first-order valence-corrected chi connectivity index (χ1v) is 5.72. The number of amides is 1. The Labute approximate surface area is 87.5 Å². The lowest BCUT2D eigenvalue weighted by molar-refractivity contribution is 0.0772. The van der Waals surface area contributed by atoms with E-state index in [1.54, 1.807) is 18.3 Å². The molecule has 1 aromatic rings. The summed E-state index contributed by atoms with van der Waals surface area (Å²) in [6, 6.07) is 3.43. The molecular weight excluding hydrogens is 196 g/mol. The molecule has 0 aliphatic carbocycles. The third-order valence-corrected chi connectivity index (χ3v) is 3.10. The van der Waals surface area contributed by atoms with Crippen LogP contribution in [0, 0.1) is 6.20 Å². The van der Waals surface area contributed by atoms with Gasteiger partial charge in [0.1, 0.15) is 0 Å². The third kappa shape index (κ3) is 2.07. The van der Waals surface area contributed by atoms with Crippen LogP contribution >= 0.6 is 11.8 Å². The van der Waals surface area contributed by atoms with Crippen LogP contribution in [0.25, 0.3) is 0 Å². The van der Waals surface area contributed by atoms with E-state index >= 15 is 0 Å². The summed E-state index contributed by atoms with van der Waals surface area (Å²) in [5, 5.41) is 0. The van der Waals surface area contributed by atoms with Gasteiger partial charge >= 0.3 is 0 Å². The van der Waals surface area contributed by atoms with Crippen LogP contribution in [-0.4, -0.2) is 40.4 Å². The van der Waals surface area contributed by atoms with Crippen molar-refractivity contribution in [2.45, 2.75) is 0 Å². The Morgan fingerprint density at radius 3 is 2.93 bits per heavy atom. The summed E-state index contributed by atoms with van der Waals surface area (Å²) in [6.07, 6.45) is 4.24. The molecule has 0 bridgehead atoms. The standard InChI is InChI=1S/C10H11N2OS/c13-10(9-2-1-3-11-8-9)12-4-6-14-7-5-12/h1-2,8H,4-7H2. The molecule has 0 saturated carbocycles. The molecule has 1 amide bonds. The van der Waals surface area contributed by atoms with Crippen molar-refractivity contribution >= 4 is 17.7 Å². The average Bonchev–Trinajstić information content (AvgIpc) is 2.30. The molecule has 0 spiro atoms. The zero-order chi connectivity index (χ0) is 9.80. The van der Waals surface area contributed by atoms with Gasteiger partial charge in [-0.1, -0.05) is 0 Å². The van der Waals surface area contributed by atoms with Gasteiger partial charge in [0.2, 0.25) is 0 Å². The number of carbonyl (C=O) groups excluding carboxylic acids is 1. The lowest BCUT2D eigenvalue weighted by Crippen LogP contribution is -2.37. The van der Waals surface area contributed by atoms with Crippen molar-refractivity contribution in [2.75, 3.05) is 24.6 Å². The molecule has 1 aromatic heterocycles. The molecule has 1 fully saturated rings. The van der Waals surface area contributed by atoms with Gasteiger partial charge in [0.15, 0.2) is 0 Å². The molecule has 1 radical (unpaired) electrons. The molecule has 2 heterocycles. The van der Waals surface area contributed by atoms with Crippen LogP contribution in [0.1, 0.15) is 10.4 Å². The Balaban J connectivity index is 2.07. The van der Waals surface area contributed by atoms with Gasteiger partial charge in [-0.3, -0.25) is 9.78 Å². The summed E-state index contributed by atoms with van der Waals surface area (Å²) in [4.78, 5) is 17.6. The van der Waals surface area contributed by atoms with Gasteiger partial charge in [-0.05, 0) is 12.1 Å². The van der Waals surface area contributed by atoms with Gasteiger partial charge in [0.05, 0.1) is 11.8 Å². The average molecular weight is 207 g/mol. The molecule has 0 atom stereocenters. The van der Waals surface area contributed by atoms with Gasteiger partial charge < -0.3 is 4.90 Å². The molecule has 0 N–H and O–H groups in total. The van der Waals surface area contributed by atoms with Gasteiger partial charge in [-0.15, -0.1) is 0 Å². The molecule has 0 aromatic carbocycles. The minimum Gasteiger partial charge on any atom is -0.337 e. The van der Waals surface area contributed by atoms with Crippen molar-refractivity contribution in [1.29, 1.82) is 0 Å². The van der Waals surface area contributed by atoms with Crippen molar-refractivity contribution in [2.24, 2.45) is 0 Å². The van der Waals surface area contributed by atoms with Crippen molar-refractivity contribution < 1.29 is 4.79 Å². The highest BCUT2D eigenvalue weighted by atomic mass is 32.2. The van der Waals surface area contributed by atoms with E-state index in [4.69, 9.17) is 0 Å². The minimum atomic E-state index is 0.0896. The fourth-order valence-corrected chi connectivity index (χ4v) is 2.30. The molecule has 0 unspecified atom stereocenters. The number of thioether (sulfide) groups is 1. The van der Waals surface area contributed by atoms with Crippen LogP contribution in [0.4, 0.5) is 0 Å². The van der Waals surface area contributed by atoms with Crippen molar-refractivity contribution in [3.8, 4) is 0 Å². The first-order chi connectivity index (χ1) is 6.88. The largest absolute Gasteiger partial charge is 0.337 e. The quantitative estimate of drug-likeness (QED) is 0.690. The van der Waals surface area contributed by atoms with Gasteiger partial charge in [0, 0.05) is 30.8 Å². The van der Waals surface area contributed by atoms with Crippen LogP contribution in [0.15, 0.2) is 18.3 Å². The second-order valence-corrected chi connectivity index (χ2v) is 4.31. The summed E-state index contributed by atoms with van der Waals surface area (Å²) in [5.41, 5.74) is 0.663. The number of pyridine rings is 1. The van der Waals surface area contributed by atoms with E-state index < -0.39 is 0 Å². The second-order valence-electron chi connectivity index (χ2n) is 3.08. The zero-order valence-electron chi connectivity index (χ0n) is 7.77. The van der Waals surface area contributed by atoms with Gasteiger partial charge in [-0.2, -0.15) is 11.8 Å². The highest BCUT2D eigenvalue weighted by Crippen LogP contribution is 2.12. The Kier molecular flexibility index (Phi) is 3.03. The minimum absolute atomic E-state index is 0.0896. The van der Waals surface area contributed by atoms with Crippen molar-refractivity contribution in [1.82, 2.24) is 9.88 Å². The van der Waals surface area contributed by atoms with Gasteiger partial charge in [0.25, 0.3) is 5.91 Å². The summed E-state index contributed by atoms with van der Waals surface area (Å²) >= 11 is 1.90. The summed E-state index contributed by atoms with van der Waals surface area (Å²) < 4.78 is 0. The molecule has 2 rings (SSSR count). The Morgan fingerprint density at radius 2 is 2.29 bits per heavy atom. The van der Waals surface area contributed by atoms with Crippen LogP contribution in [-0.2, 0) is 0 Å². The van der Waals surface area contributed by atoms with Crippen LogP contribution < -0.4 is 0 Å². The molecule has 14 heavy (non-hydrogen) atoms. The topological polar surface area (TPSA) is 33.2 Å². The fraction of sp³-hybridized carbons (Fsp3) is 0.400. The Bertz CT molecular complexity index is 309. The molecule has 73 valence electrons. The highest BCUT2D eigenvalue weighted by Gasteiger charge is 2.17. The molecule has 4 heteroatoms. The maximum Gasteiger partial charge on any atom is 0.255 e. The smallest absolute Gasteiger partial charge is 0.255 e. The summed E-state index contributed by atoms with van der Waals surface area (Å²) in [7, 11) is 0. The normalized spacial score (nSPS) is 16.7. The van der Waals surface area contributed by atoms with Crippen LogP contribution in [0.3, 0.4) is 0 Å². The summed E-state index contributed by atoms with van der Waals surface area (Å²) in [6.45, 7) is 1.70. The predicted octanol–water partition coefficient (Wildman–Crippen LogP) is 1.07. The van der Waals surface area contributed by atoms with E-state index in [0.29, 0.717) is 5.56 Å². The maximum atomic E-state index is 11.9. The number of hydrogen-bond acceptors (Lipinski definition) is 3. The predicted molar refractivity (Wildman–Crippen MR) is 56.3 cm³/mol. The van der Waals surface area contributed by atoms with Crippen LogP contribution in [0.5, 0.6) is 0 Å². The molecule has 1 saturated heterocycles. The second kappa shape index (κ2) is 4.46. The van der Waals surface area contributed by atoms with E-state index in [0.717, 1.165) is 24.6 Å². The van der Waals surface area contributed by atoms with E-state index in [9.17, 15) is 4.79 Å². The molecule has 3 nitrogen and oxygen atoms in total. The van der Waals surface area contributed by atoms with Crippen LogP contribution in [0.2, 0.25) is 0 Å². The van der Waals surface area contributed by atoms with Crippen molar-refractivity contribution in [3.05, 3.63) is 30.1 Å². The maximum absolute atomic E-state index is 11.9. The first kappa shape index (κ1) is 9.52. The van der Waals surface area contributed by atoms with E-state index in [1.165, 1.54) is 0 Å². The van der Waals surface area contributed by atoms with Crippen molar-refractivity contribution in [3.63, 3.8) is 0 Å². The SMILES string of the molecule is O=C(c1cc[c]nc1)N1CCSCC1. The zero-order valence-corrected chi connectivity index (χ0v) is 8.59. The van der Waals surface area contributed by atoms with E-state index in [2.05, 4.69) is 11.2 Å². The lowest BCUT2D eigenvalue weighted by Gasteiger charge is -2.26. The number of aromatic nitrogens is 1. The number of rotatable bonds is 1. The first-order valence-electron chi connectivity index (χ1n) is 4.57. The molecule has 1 aliphatic heterocycles. The molecule has 1 aliphatic rings. The number of carbonyl (C=O) groups is 1. The highest BCUT2D eigenvalue weighted by molar-refractivity contribution is 7.99. The fourth-order valence-electron chi connectivity index (χ4n) is 1.40. The Morgan fingerprint density at radius 1 is 1.50 bits per heavy atom. The third-order valence-electron chi connectivity index (χ3n) is 2.16. The van der Waals surface area contributed by atoms with E-state index in [-0.39, 0.29) is 5.91 Å². The monoisotopic (exact) mass is 207 g/mol. The number of hydrogen-bond donors (Lipinski definition) is 0. The van der Waals surface area contributed by atoms with E-state index in [1.807, 2.05) is 16.7 Å². The van der Waals surface area contributed by atoms with Gasteiger partial charge in [-0.25, -0.2) is 0 Å².